The predicted octanol–water partition coefficient (Wildman–Crippen LogP) is 2.37. The summed E-state index contributed by atoms with van der Waals surface area (Å²) in [5.41, 5.74) is -1.95. The molecule has 4 nitrogen and oxygen atoms in total. The zero-order valence-corrected chi connectivity index (χ0v) is 11.1. The maximum Gasteiger partial charge on any atom is 0.417 e. The summed E-state index contributed by atoms with van der Waals surface area (Å²) in [6, 6.07) is 6.99. The molecule has 7 heteroatoms. The highest BCUT2D eigenvalue weighted by molar-refractivity contribution is 5.79. The lowest BCUT2D eigenvalue weighted by atomic mass is 10.0. The van der Waals surface area contributed by atoms with Gasteiger partial charge in [-0.15, -0.1) is 0 Å². The van der Waals surface area contributed by atoms with Crippen molar-refractivity contribution in [3.05, 3.63) is 29.8 Å². The molecule has 0 aliphatic heterocycles. The third kappa shape index (κ3) is 3.86. The molecule has 0 bridgehead atoms. The number of ether oxygens (including phenoxy) is 1. The molecule has 1 rings (SSSR count). The Kier molecular flexibility index (Phi) is 4.99. The van der Waals surface area contributed by atoms with Gasteiger partial charge in [-0.25, -0.2) is 4.79 Å². The molecule has 0 saturated carbocycles. The van der Waals surface area contributed by atoms with E-state index in [1.165, 1.54) is 0 Å². The van der Waals surface area contributed by atoms with Crippen molar-refractivity contribution in [3.8, 4) is 5.75 Å². The summed E-state index contributed by atoms with van der Waals surface area (Å²) in [7, 11) is 0. The van der Waals surface area contributed by atoms with Gasteiger partial charge in [0.05, 0.1) is 0 Å². The van der Waals surface area contributed by atoms with Crippen LogP contribution >= 0.6 is 0 Å². The van der Waals surface area contributed by atoms with Crippen molar-refractivity contribution in [2.75, 3.05) is 13.2 Å². The number of carboxylic acid groups (broad SMARTS) is 1. The Morgan fingerprint density at radius 3 is 2.30 bits per heavy atom. The smallest absolute Gasteiger partial charge is 0.417 e. The van der Waals surface area contributed by atoms with Crippen molar-refractivity contribution < 1.29 is 27.8 Å². The van der Waals surface area contributed by atoms with E-state index in [1.54, 1.807) is 24.3 Å². The Hall–Kier alpha value is -1.76. The van der Waals surface area contributed by atoms with E-state index in [-0.39, 0.29) is 13.2 Å². The molecule has 112 valence electrons. The number of rotatable bonds is 6. The third-order valence-corrected chi connectivity index (χ3v) is 2.87. The second-order valence-electron chi connectivity index (χ2n) is 4.52. The predicted molar refractivity (Wildman–Crippen MR) is 66.8 cm³/mol. The van der Waals surface area contributed by atoms with Crippen molar-refractivity contribution in [3.63, 3.8) is 0 Å². The Balaban J connectivity index is 2.50. The van der Waals surface area contributed by atoms with Crippen LogP contribution in [0.1, 0.15) is 12.5 Å². The summed E-state index contributed by atoms with van der Waals surface area (Å²) in [6.07, 6.45) is -4.89. The van der Waals surface area contributed by atoms with Gasteiger partial charge in [0.15, 0.2) is 0 Å². The molecule has 0 aromatic heterocycles. The van der Waals surface area contributed by atoms with E-state index in [0.717, 1.165) is 5.56 Å². The molecule has 0 saturated heterocycles. The first kappa shape index (κ1) is 16.3. The largest absolute Gasteiger partial charge is 0.492 e. The number of carbonyl (C=O) groups is 1. The summed E-state index contributed by atoms with van der Waals surface area (Å²) >= 11 is 0. The van der Waals surface area contributed by atoms with Crippen LogP contribution in [0.2, 0.25) is 0 Å². The van der Waals surface area contributed by atoms with Crippen LogP contribution in [0.3, 0.4) is 0 Å². The summed E-state index contributed by atoms with van der Waals surface area (Å²) in [4.78, 5) is 10.7. The van der Waals surface area contributed by atoms with Crippen molar-refractivity contribution >= 4 is 5.97 Å². The number of hydrogen-bond donors (Lipinski definition) is 2. The molecule has 0 aliphatic rings. The van der Waals surface area contributed by atoms with Crippen LogP contribution in [0.4, 0.5) is 13.2 Å². The van der Waals surface area contributed by atoms with Crippen LogP contribution in [0.25, 0.3) is 0 Å². The van der Waals surface area contributed by atoms with Crippen molar-refractivity contribution in [1.29, 1.82) is 0 Å². The molecule has 0 aliphatic carbocycles. The molecular weight excluding hydrogens is 275 g/mol. The number of benzene rings is 1. The molecule has 1 aromatic rings. The topological polar surface area (TPSA) is 58.6 Å². The van der Waals surface area contributed by atoms with Crippen LogP contribution in [-0.2, 0) is 4.79 Å². The zero-order valence-electron chi connectivity index (χ0n) is 11.1. The standard InChI is InChI=1S/C13H16F3NO3/c1-9-3-5-10(6-4-9)20-8-7-17-12(2,11(18)19)13(14,15)16/h3-6,17H,7-8H2,1-2H3,(H,18,19). The third-order valence-electron chi connectivity index (χ3n) is 2.87. The molecule has 0 heterocycles. The highest BCUT2D eigenvalue weighted by Gasteiger charge is 2.57. The van der Waals surface area contributed by atoms with Crippen molar-refractivity contribution in [2.45, 2.75) is 25.6 Å². The fraction of sp³-hybridized carbons (Fsp3) is 0.462. The molecular formula is C13H16F3NO3. The second kappa shape index (κ2) is 6.13. The Morgan fingerprint density at radius 2 is 1.85 bits per heavy atom. The Morgan fingerprint density at radius 1 is 1.30 bits per heavy atom. The van der Waals surface area contributed by atoms with Gasteiger partial charge in [0, 0.05) is 6.54 Å². The highest BCUT2D eigenvalue weighted by Crippen LogP contribution is 2.30. The molecule has 20 heavy (non-hydrogen) atoms. The molecule has 0 spiro atoms. The van der Waals surface area contributed by atoms with Gasteiger partial charge in [-0.1, -0.05) is 17.7 Å². The van der Waals surface area contributed by atoms with Gasteiger partial charge in [-0.05, 0) is 26.0 Å². The van der Waals surface area contributed by atoms with E-state index >= 15 is 0 Å². The van der Waals surface area contributed by atoms with Gasteiger partial charge in [0.25, 0.3) is 0 Å². The SMILES string of the molecule is Cc1ccc(OCCNC(C)(C(=O)O)C(F)(F)F)cc1. The van der Waals surface area contributed by atoms with Crippen LogP contribution in [0.5, 0.6) is 5.75 Å². The molecule has 0 amide bonds. The first-order chi connectivity index (χ1) is 9.17. The van der Waals surface area contributed by atoms with Crippen molar-refractivity contribution in [2.24, 2.45) is 0 Å². The molecule has 0 radical (unpaired) electrons. The number of carboxylic acids is 1. The quantitative estimate of drug-likeness (QED) is 0.790. The molecule has 2 N–H and O–H groups in total. The van der Waals surface area contributed by atoms with Gasteiger partial charge >= 0.3 is 12.1 Å². The maximum atomic E-state index is 12.7. The Bertz CT molecular complexity index is 459. The first-order valence-corrected chi connectivity index (χ1v) is 5.91. The monoisotopic (exact) mass is 291 g/mol. The highest BCUT2D eigenvalue weighted by atomic mass is 19.4. The van der Waals surface area contributed by atoms with Gasteiger partial charge in [-0.2, -0.15) is 13.2 Å². The summed E-state index contributed by atoms with van der Waals surface area (Å²) in [6.45, 7) is 2.17. The molecule has 1 aromatic carbocycles. The molecule has 0 fully saturated rings. The number of aliphatic carboxylic acids is 1. The van der Waals surface area contributed by atoms with Gasteiger partial charge in [0.2, 0.25) is 5.54 Å². The van der Waals surface area contributed by atoms with Gasteiger partial charge < -0.3 is 9.84 Å². The maximum absolute atomic E-state index is 12.7. The summed E-state index contributed by atoms with van der Waals surface area (Å²) in [5, 5.41) is 10.7. The van der Waals surface area contributed by atoms with E-state index in [1.807, 2.05) is 12.2 Å². The second-order valence-corrected chi connectivity index (χ2v) is 4.52. The van der Waals surface area contributed by atoms with Crippen molar-refractivity contribution in [1.82, 2.24) is 5.32 Å². The summed E-state index contributed by atoms with van der Waals surface area (Å²) < 4.78 is 43.2. The number of aryl methyl sites for hydroxylation is 1. The lowest BCUT2D eigenvalue weighted by Crippen LogP contribution is -2.60. The normalized spacial score (nSPS) is 14.7. The van der Waals surface area contributed by atoms with E-state index in [4.69, 9.17) is 9.84 Å². The fourth-order valence-corrected chi connectivity index (χ4v) is 1.40. The average molecular weight is 291 g/mol. The number of alkyl halides is 3. The Labute approximate surface area is 114 Å². The van der Waals surface area contributed by atoms with Crippen LogP contribution in [-0.4, -0.2) is 35.9 Å². The van der Waals surface area contributed by atoms with Gasteiger partial charge in [0.1, 0.15) is 12.4 Å². The lowest BCUT2D eigenvalue weighted by Gasteiger charge is -2.28. The van der Waals surface area contributed by atoms with E-state index in [9.17, 15) is 18.0 Å². The minimum Gasteiger partial charge on any atom is -0.492 e. The number of nitrogens with one attached hydrogen (secondary N) is 1. The first-order valence-electron chi connectivity index (χ1n) is 5.91. The van der Waals surface area contributed by atoms with E-state index < -0.39 is 17.7 Å². The fourth-order valence-electron chi connectivity index (χ4n) is 1.40. The number of halogens is 3. The lowest BCUT2D eigenvalue weighted by molar-refractivity contribution is -0.206. The molecule has 1 atom stereocenters. The average Bonchev–Trinajstić information content (AvgIpc) is 2.34. The van der Waals surface area contributed by atoms with Crippen LogP contribution < -0.4 is 10.1 Å². The minimum absolute atomic E-state index is 0.0674. The van der Waals surface area contributed by atoms with E-state index in [0.29, 0.717) is 12.7 Å². The zero-order chi connectivity index (χ0) is 15.4. The van der Waals surface area contributed by atoms with Crippen LogP contribution in [0, 0.1) is 6.92 Å². The molecule has 1 unspecified atom stereocenters. The minimum atomic E-state index is -4.89. The number of hydrogen-bond acceptors (Lipinski definition) is 3. The van der Waals surface area contributed by atoms with E-state index in [2.05, 4.69) is 0 Å². The van der Waals surface area contributed by atoms with Crippen LogP contribution in [0.15, 0.2) is 24.3 Å². The van der Waals surface area contributed by atoms with Gasteiger partial charge in [-0.3, -0.25) is 5.32 Å². The summed E-state index contributed by atoms with van der Waals surface area (Å²) in [5.74, 6) is -1.46.